The molecule has 0 saturated heterocycles. The van der Waals surface area contributed by atoms with Crippen LogP contribution in [0, 0.1) is 0 Å². The topological polar surface area (TPSA) is 18.5 Å². The van der Waals surface area contributed by atoms with Crippen LogP contribution in [0.15, 0.2) is 22.7 Å². The van der Waals surface area contributed by atoms with Crippen molar-refractivity contribution in [2.75, 3.05) is 13.2 Å². The van der Waals surface area contributed by atoms with Gasteiger partial charge in [-0.15, -0.1) is 0 Å². The molecule has 0 N–H and O–H groups in total. The quantitative estimate of drug-likeness (QED) is 0.758. The average Bonchev–Trinajstić information content (AvgIpc) is 2.21. The molecule has 0 aromatic heterocycles. The molecule has 4 heteroatoms. The van der Waals surface area contributed by atoms with Crippen molar-refractivity contribution >= 4 is 27.5 Å². The van der Waals surface area contributed by atoms with Crippen molar-refractivity contribution < 1.29 is 9.47 Å². The minimum absolute atomic E-state index is 0.354. The van der Waals surface area contributed by atoms with Gasteiger partial charge in [-0.05, 0) is 32.0 Å². The molecule has 0 unspecified atom stereocenters. The van der Waals surface area contributed by atoms with Crippen molar-refractivity contribution in [3.05, 3.63) is 33.3 Å². The smallest absolute Gasteiger partial charge is 0.184 e. The summed E-state index contributed by atoms with van der Waals surface area (Å²) in [7, 11) is 0. The van der Waals surface area contributed by atoms with Gasteiger partial charge in [0.15, 0.2) is 6.29 Å². The Kier molecular flexibility index (Phi) is 5.61. The van der Waals surface area contributed by atoms with E-state index in [-0.39, 0.29) is 6.29 Å². The second kappa shape index (κ2) is 6.48. The van der Waals surface area contributed by atoms with Crippen molar-refractivity contribution in [2.45, 2.75) is 20.1 Å². The standard InChI is InChI=1S/C11H14BrClO2/c1-3-14-11(15-4-2)9-7-8(13)5-6-10(9)12/h5-7,11H,3-4H2,1-2H3. The SMILES string of the molecule is CCOC(OCC)c1cc(Cl)ccc1Br. The molecule has 0 aliphatic carbocycles. The number of rotatable bonds is 5. The molecule has 1 aromatic rings. The van der Waals surface area contributed by atoms with Crippen LogP contribution in [-0.4, -0.2) is 13.2 Å². The van der Waals surface area contributed by atoms with Gasteiger partial charge >= 0.3 is 0 Å². The molecular weight excluding hydrogens is 279 g/mol. The van der Waals surface area contributed by atoms with E-state index in [1.54, 1.807) is 0 Å². The van der Waals surface area contributed by atoms with E-state index >= 15 is 0 Å². The number of hydrogen-bond acceptors (Lipinski definition) is 2. The highest BCUT2D eigenvalue weighted by molar-refractivity contribution is 9.10. The van der Waals surface area contributed by atoms with E-state index in [0.29, 0.717) is 18.2 Å². The molecule has 0 saturated carbocycles. The zero-order valence-electron chi connectivity index (χ0n) is 8.80. The summed E-state index contributed by atoms with van der Waals surface area (Å²) in [4.78, 5) is 0. The Hall–Kier alpha value is -0.0900. The molecule has 0 bridgehead atoms. The van der Waals surface area contributed by atoms with Crippen molar-refractivity contribution in [2.24, 2.45) is 0 Å². The summed E-state index contributed by atoms with van der Waals surface area (Å²) in [6.07, 6.45) is -0.354. The number of hydrogen-bond donors (Lipinski definition) is 0. The lowest BCUT2D eigenvalue weighted by atomic mass is 10.2. The number of halogens is 2. The highest BCUT2D eigenvalue weighted by atomic mass is 79.9. The van der Waals surface area contributed by atoms with Crippen LogP contribution in [0.3, 0.4) is 0 Å². The first-order valence-electron chi connectivity index (χ1n) is 4.87. The van der Waals surface area contributed by atoms with Gasteiger partial charge in [-0.25, -0.2) is 0 Å². The van der Waals surface area contributed by atoms with Crippen LogP contribution in [0.5, 0.6) is 0 Å². The van der Waals surface area contributed by atoms with Crippen molar-refractivity contribution in [3.63, 3.8) is 0 Å². The first-order chi connectivity index (χ1) is 7.19. The normalized spacial score (nSPS) is 11.0. The van der Waals surface area contributed by atoms with Crippen LogP contribution in [0.4, 0.5) is 0 Å². The Bertz CT molecular complexity index is 311. The van der Waals surface area contributed by atoms with Gasteiger partial charge in [0.2, 0.25) is 0 Å². The fourth-order valence-electron chi connectivity index (χ4n) is 1.23. The fourth-order valence-corrected chi connectivity index (χ4v) is 1.84. The van der Waals surface area contributed by atoms with Crippen molar-refractivity contribution in [1.29, 1.82) is 0 Å². The molecule has 1 rings (SSSR count). The molecule has 2 nitrogen and oxygen atoms in total. The highest BCUT2D eigenvalue weighted by Crippen LogP contribution is 2.29. The summed E-state index contributed by atoms with van der Waals surface area (Å²) in [5, 5.41) is 0.678. The Balaban J connectivity index is 2.93. The van der Waals surface area contributed by atoms with Gasteiger partial charge in [0.25, 0.3) is 0 Å². The largest absolute Gasteiger partial charge is 0.349 e. The van der Waals surface area contributed by atoms with E-state index in [9.17, 15) is 0 Å². The third-order valence-corrected chi connectivity index (χ3v) is 2.81. The van der Waals surface area contributed by atoms with E-state index in [4.69, 9.17) is 21.1 Å². The van der Waals surface area contributed by atoms with Crippen LogP contribution in [-0.2, 0) is 9.47 Å². The predicted molar refractivity (Wildman–Crippen MR) is 65.1 cm³/mol. The van der Waals surface area contributed by atoms with Crippen LogP contribution >= 0.6 is 27.5 Å². The number of benzene rings is 1. The predicted octanol–water partition coefficient (Wildman–Crippen LogP) is 4.17. The Morgan fingerprint density at radius 1 is 1.27 bits per heavy atom. The first kappa shape index (κ1) is 13.0. The molecule has 0 spiro atoms. The van der Waals surface area contributed by atoms with Crippen LogP contribution < -0.4 is 0 Å². The highest BCUT2D eigenvalue weighted by Gasteiger charge is 2.14. The molecule has 0 amide bonds. The maximum absolute atomic E-state index is 5.93. The third kappa shape index (κ3) is 3.76. The lowest BCUT2D eigenvalue weighted by Gasteiger charge is -2.18. The third-order valence-electron chi connectivity index (χ3n) is 1.85. The Morgan fingerprint density at radius 2 is 1.87 bits per heavy atom. The van der Waals surface area contributed by atoms with Crippen LogP contribution in [0.1, 0.15) is 25.7 Å². The van der Waals surface area contributed by atoms with Gasteiger partial charge in [0, 0.05) is 28.3 Å². The second-order valence-corrected chi connectivity index (χ2v) is 4.20. The van der Waals surface area contributed by atoms with Crippen LogP contribution in [0.25, 0.3) is 0 Å². The summed E-state index contributed by atoms with van der Waals surface area (Å²) in [5.41, 5.74) is 0.922. The first-order valence-corrected chi connectivity index (χ1v) is 6.04. The van der Waals surface area contributed by atoms with Crippen LogP contribution in [0.2, 0.25) is 5.02 Å². The maximum Gasteiger partial charge on any atom is 0.184 e. The molecule has 0 atom stereocenters. The molecule has 1 aromatic carbocycles. The summed E-state index contributed by atoms with van der Waals surface area (Å²) in [6.45, 7) is 5.07. The Morgan fingerprint density at radius 3 is 2.40 bits per heavy atom. The molecule has 15 heavy (non-hydrogen) atoms. The summed E-state index contributed by atoms with van der Waals surface area (Å²) in [6, 6.07) is 5.56. The second-order valence-electron chi connectivity index (χ2n) is 2.91. The van der Waals surface area contributed by atoms with Gasteiger partial charge in [0.05, 0.1) is 0 Å². The van der Waals surface area contributed by atoms with E-state index in [1.165, 1.54) is 0 Å². The molecular formula is C11H14BrClO2. The molecule has 0 aliphatic heterocycles. The van der Waals surface area contributed by atoms with E-state index < -0.39 is 0 Å². The van der Waals surface area contributed by atoms with Gasteiger partial charge in [0.1, 0.15) is 0 Å². The fraction of sp³-hybridized carbons (Fsp3) is 0.455. The summed E-state index contributed by atoms with van der Waals surface area (Å²) in [5.74, 6) is 0. The van der Waals surface area contributed by atoms with Gasteiger partial charge < -0.3 is 9.47 Å². The molecule has 84 valence electrons. The summed E-state index contributed by atoms with van der Waals surface area (Å²) < 4.78 is 11.9. The zero-order chi connectivity index (χ0) is 11.3. The molecule has 0 fully saturated rings. The molecule has 0 heterocycles. The van der Waals surface area contributed by atoms with E-state index in [0.717, 1.165) is 10.0 Å². The lowest BCUT2D eigenvalue weighted by molar-refractivity contribution is -0.140. The number of ether oxygens (including phenoxy) is 2. The van der Waals surface area contributed by atoms with Gasteiger partial charge in [-0.3, -0.25) is 0 Å². The maximum atomic E-state index is 5.93. The Labute approximate surface area is 104 Å². The van der Waals surface area contributed by atoms with Crippen molar-refractivity contribution in [1.82, 2.24) is 0 Å². The minimum Gasteiger partial charge on any atom is -0.349 e. The van der Waals surface area contributed by atoms with E-state index in [2.05, 4.69) is 15.9 Å². The van der Waals surface area contributed by atoms with Gasteiger partial charge in [-0.2, -0.15) is 0 Å². The minimum atomic E-state index is -0.354. The monoisotopic (exact) mass is 292 g/mol. The lowest BCUT2D eigenvalue weighted by Crippen LogP contribution is -2.09. The summed E-state index contributed by atoms with van der Waals surface area (Å²) >= 11 is 9.38. The van der Waals surface area contributed by atoms with Gasteiger partial charge in [-0.1, -0.05) is 27.5 Å². The van der Waals surface area contributed by atoms with Crippen molar-refractivity contribution in [3.8, 4) is 0 Å². The average molecular weight is 294 g/mol. The van der Waals surface area contributed by atoms with E-state index in [1.807, 2.05) is 32.0 Å². The molecule has 0 radical (unpaired) electrons. The zero-order valence-corrected chi connectivity index (χ0v) is 11.1. The molecule has 0 aliphatic rings.